The van der Waals surface area contributed by atoms with Gasteiger partial charge in [-0.05, 0) is 71.8 Å². The van der Waals surface area contributed by atoms with Crippen LogP contribution in [0.3, 0.4) is 0 Å². The maximum absolute atomic E-state index is 14.8. The highest BCUT2D eigenvalue weighted by Gasteiger charge is 2.38. The van der Waals surface area contributed by atoms with E-state index in [9.17, 15) is 13.6 Å². The molecule has 2 aromatic heterocycles. The lowest BCUT2D eigenvalue weighted by Crippen LogP contribution is -2.39. The van der Waals surface area contributed by atoms with E-state index in [0.717, 1.165) is 37.2 Å². The summed E-state index contributed by atoms with van der Waals surface area (Å²) in [5.74, 6) is -3.66. The number of ether oxygens (including phenoxy) is 2. The predicted molar refractivity (Wildman–Crippen MR) is 156 cm³/mol. The van der Waals surface area contributed by atoms with Crippen molar-refractivity contribution in [3.63, 3.8) is 0 Å². The van der Waals surface area contributed by atoms with Gasteiger partial charge in [0.1, 0.15) is 5.69 Å². The lowest BCUT2D eigenvalue weighted by molar-refractivity contribution is -0.171. The number of aryl methyl sites for hydroxylation is 1. The zero-order valence-electron chi connectivity index (χ0n) is 25.9. The average molecular weight is 560 g/mol. The van der Waals surface area contributed by atoms with E-state index < -0.39 is 23.6 Å². The average Bonchev–Trinajstić information content (AvgIpc) is 2.81. The van der Waals surface area contributed by atoms with Crippen LogP contribution in [0, 0.1) is 18.3 Å². The third kappa shape index (κ3) is 7.99. The Hall–Kier alpha value is -2.61. The zero-order valence-corrected chi connectivity index (χ0v) is 25.9. The lowest BCUT2D eigenvalue weighted by Gasteiger charge is -2.41. The fourth-order valence-corrected chi connectivity index (χ4v) is 5.07. The number of pyridine rings is 2. The van der Waals surface area contributed by atoms with Gasteiger partial charge >= 0.3 is 5.97 Å². The van der Waals surface area contributed by atoms with Crippen LogP contribution in [-0.4, -0.2) is 40.7 Å². The van der Waals surface area contributed by atoms with Crippen LogP contribution in [-0.2, 0) is 20.2 Å². The molecule has 0 spiro atoms. The Morgan fingerprint density at radius 3 is 2.17 bits per heavy atom. The molecule has 2 aromatic rings. The minimum absolute atomic E-state index is 0.166. The Bertz CT molecular complexity index is 1160. The Morgan fingerprint density at radius 1 is 1.05 bits per heavy atom. The SMILES string of the molecule is Cc1ncc(-c2ccc(C(F)(F)CC(C)C)nc2)c(N2CCC(C)(C)CC2)c1[C@H](OC(C)(C)C)C(=O)OC(C)C. The van der Waals surface area contributed by atoms with Crippen LogP contribution < -0.4 is 4.90 Å². The summed E-state index contributed by atoms with van der Waals surface area (Å²) in [6, 6.07) is 3.08. The number of piperidine rings is 1. The molecule has 0 aliphatic carbocycles. The van der Waals surface area contributed by atoms with Crippen molar-refractivity contribution in [1.29, 1.82) is 0 Å². The molecule has 6 nitrogen and oxygen atoms in total. The van der Waals surface area contributed by atoms with Crippen molar-refractivity contribution in [2.24, 2.45) is 11.3 Å². The molecular formula is C32H47F2N3O3. The molecule has 222 valence electrons. The van der Waals surface area contributed by atoms with Gasteiger partial charge in [0, 0.05) is 54.3 Å². The van der Waals surface area contributed by atoms with Crippen LogP contribution in [0.4, 0.5) is 14.5 Å². The number of esters is 1. The first-order valence-corrected chi connectivity index (χ1v) is 14.4. The number of hydrogen-bond donors (Lipinski definition) is 0. The third-order valence-electron chi connectivity index (χ3n) is 7.13. The molecule has 3 heterocycles. The summed E-state index contributed by atoms with van der Waals surface area (Å²) in [4.78, 5) is 24.7. The van der Waals surface area contributed by atoms with Gasteiger partial charge in [-0.3, -0.25) is 9.97 Å². The van der Waals surface area contributed by atoms with E-state index in [1.54, 1.807) is 26.1 Å². The molecule has 1 saturated heterocycles. The van der Waals surface area contributed by atoms with Crippen molar-refractivity contribution in [3.05, 3.63) is 41.5 Å². The van der Waals surface area contributed by atoms with Crippen molar-refractivity contribution < 1.29 is 23.0 Å². The summed E-state index contributed by atoms with van der Waals surface area (Å²) in [5.41, 5.74) is 2.81. The van der Waals surface area contributed by atoms with Crippen molar-refractivity contribution in [2.45, 2.75) is 112 Å². The van der Waals surface area contributed by atoms with Gasteiger partial charge in [-0.1, -0.05) is 33.8 Å². The first-order valence-electron chi connectivity index (χ1n) is 14.4. The highest BCUT2D eigenvalue weighted by molar-refractivity contribution is 5.87. The maximum Gasteiger partial charge on any atom is 0.340 e. The normalized spacial score (nSPS) is 16.9. The molecule has 0 amide bonds. The number of carbonyl (C=O) groups excluding carboxylic acids is 1. The minimum Gasteiger partial charge on any atom is -0.461 e. The van der Waals surface area contributed by atoms with Crippen LogP contribution >= 0.6 is 0 Å². The van der Waals surface area contributed by atoms with Gasteiger partial charge in [-0.25, -0.2) is 4.79 Å². The van der Waals surface area contributed by atoms with Crippen molar-refractivity contribution >= 4 is 11.7 Å². The highest BCUT2D eigenvalue weighted by atomic mass is 19.3. The number of halogens is 2. The third-order valence-corrected chi connectivity index (χ3v) is 7.13. The second-order valence-corrected chi connectivity index (χ2v) is 13.5. The minimum atomic E-state index is -3.02. The van der Waals surface area contributed by atoms with Crippen LogP contribution in [0.2, 0.25) is 0 Å². The number of rotatable bonds is 9. The smallest absolute Gasteiger partial charge is 0.340 e. The number of nitrogens with zero attached hydrogens (tertiary/aromatic N) is 3. The zero-order chi connectivity index (χ0) is 30.0. The quantitative estimate of drug-likeness (QED) is 0.290. The molecule has 0 aromatic carbocycles. The Morgan fingerprint density at radius 2 is 1.68 bits per heavy atom. The molecule has 8 heteroatoms. The Balaban J connectivity index is 2.21. The summed E-state index contributed by atoms with van der Waals surface area (Å²) < 4.78 is 41.7. The molecule has 1 atom stereocenters. The summed E-state index contributed by atoms with van der Waals surface area (Å²) in [6.45, 7) is 20.8. The number of alkyl halides is 2. The molecular weight excluding hydrogens is 512 g/mol. The van der Waals surface area contributed by atoms with Gasteiger partial charge in [0.2, 0.25) is 0 Å². The molecule has 40 heavy (non-hydrogen) atoms. The van der Waals surface area contributed by atoms with Crippen LogP contribution in [0.15, 0.2) is 24.5 Å². The predicted octanol–water partition coefficient (Wildman–Crippen LogP) is 8.02. The summed E-state index contributed by atoms with van der Waals surface area (Å²) in [7, 11) is 0. The topological polar surface area (TPSA) is 64.5 Å². The van der Waals surface area contributed by atoms with Gasteiger partial charge in [-0.2, -0.15) is 8.78 Å². The summed E-state index contributed by atoms with van der Waals surface area (Å²) in [6.07, 6.45) is 3.57. The van der Waals surface area contributed by atoms with E-state index in [2.05, 4.69) is 28.7 Å². The molecule has 0 bridgehead atoms. The van der Waals surface area contributed by atoms with Gasteiger partial charge in [0.05, 0.1) is 17.4 Å². The molecule has 0 saturated carbocycles. The number of hydrogen-bond acceptors (Lipinski definition) is 6. The number of anilines is 1. The van der Waals surface area contributed by atoms with E-state index in [1.165, 1.54) is 12.3 Å². The molecule has 1 fully saturated rings. The second-order valence-electron chi connectivity index (χ2n) is 13.5. The van der Waals surface area contributed by atoms with Gasteiger partial charge in [0.15, 0.2) is 6.10 Å². The van der Waals surface area contributed by atoms with E-state index in [1.807, 2.05) is 41.5 Å². The van der Waals surface area contributed by atoms with Gasteiger partial charge in [-0.15, -0.1) is 0 Å². The maximum atomic E-state index is 14.8. The largest absolute Gasteiger partial charge is 0.461 e. The molecule has 1 aliphatic heterocycles. The molecule has 1 aliphatic rings. The first kappa shape index (κ1) is 31.9. The highest BCUT2D eigenvalue weighted by Crippen LogP contribution is 2.44. The number of carbonyl (C=O) groups is 1. The van der Waals surface area contributed by atoms with E-state index in [-0.39, 0.29) is 29.6 Å². The van der Waals surface area contributed by atoms with E-state index >= 15 is 0 Å². The summed E-state index contributed by atoms with van der Waals surface area (Å²) in [5, 5.41) is 0. The van der Waals surface area contributed by atoms with E-state index in [0.29, 0.717) is 16.8 Å². The number of aromatic nitrogens is 2. The van der Waals surface area contributed by atoms with Crippen LogP contribution in [0.25, 0.3) is 11.1 Å². The summed E-state index contributed by atoms with van der Waals surface area (Å²) >= 11 is 0. The molecule has 0 N–H and O–H groups in total. The van der Waals surface area contributed by atoms with E-state index in [4.69, 9.17) is 9.47 Å². The molecule has 0 unspecified atom stereocenters. The lowest BCUT2D eigenvalue weighted by atomic mass is 9.82. The van der Waals surface area contributed by atoms with Crippen molar-refractivity contribution in [1.82, 2.24) is 9.97 Å². The first-order chi connectivity index (χ1) is 18.4. The Labute approximate surface area is 238 Å². The van der Waals surface area contributed by atoms with Crippen molar-refractivity contribution in [2.75, 3.05) is 18.0 Å². The van der Waals surface area contributed by atoms with Crippen molar-refractivity contribution in [3.8, 4) is 11.1 Å². The van der Waals surface area contributed by atoms with Crippen LogP contribution in [0.5, 0.6) is 0 Å². The van der Waals surface area contributed by atoms with Gasteiger partial charge in [0.25, 0.3) is 5.92 Å². The fraction of sp³-hybridized carbons (Fsp3) is 0.656. The monoisotopic (exact) mass is 559 g/mol. The van der Waals surface area contributed by atoms with Gasteiger partial charge < -0.3 is 14.4 Å². The molecule has 0 radical (unpaired) electrons. The Kier molecular flexibility index (Phi) is 9.65. The second kappa shape index (κ2) is 12.1. The standard InChI is InChI=1S/C32H47F2N3O3/c1-20(2)17-32(33,34)25-12-11-23(18-36-25)24-19-35-22(5)26(27(24)37-15-13-31(9,10)14-16-37)28(40-30(6,7)8)29(38)39-21(3)4/h11-12,18-21,28H,13-17H2,1-10H3/t28-/m0/s1. The fourth-order valence-electron chi connectivity index (χ4n) is 5.07. The molecule has 3 rings (SSSR count). The van der Waals surface area contributed by atoms with Crippen LogP contribution in [0.1, 0.15) is 105 Å².